The van der Waals surface area contributed by atoms with Crippen molar-refractivity contribution in [2.75, 3.05) is 7.11 Å². The molecule has 0 saturated heterocycles. The lowest BCUT2D eigenvalue weighted by molar-refractivity contribution is -0.164. The molecule has 1 aliphatic rings. The summed E-state index contributed by atoms with van der Waals surface area (Å²) in [5.41, 5.74) is -1.11. The van der Waals surface area contributed by atoms with Crippen molar-refractivity contribution in [1.82, 2.24) is 0 Å². The Kier molecular flexibility index (Phi) is 4.07. The highest BCUT2D eigenvalue weighted by Gasteiger charge is 2.54. The van der Waals surface area contributed by atoms with Crippen LogP contribution in [-0.2, 0) is 14.3 Å². The van der Waals surface area contributed by atoms with E-state index in [2.05, 4.69) is 0 Å². The molecule has 0 aromatic heterocycles. The molecule has 6 nitrogen and oxygen atoms in total. The average Bonchev–Trinajstić information content (AvgIpc) is 2.68. The Labute approximate surface area is 98.8 Å². The number of rotatable bonds is 5. The fourth-order valence-corrected chi connectivity index (χ4v) is 2.75. The first kappa shape index (κ1) is 13.5. The van der Waals surface area contributed by atoms with Gasteiger partial charge in [-0.25, -0.2) is 4.79 Å². The SMILES string of the molecule is COC(C(=O)O)C1(C(C#N)C(=O)O)CCCC1. The third-order valence-electron chi connectivity index (χ3n) is 3.47. The van der Waals surface area contributed by atoms with Crippen LogP contribution in [0.25, 0.3) is 0 Å². The molecule has 94 valence electrons. The Bertz CT molecular complexity index is 353. The molecule has 0 aromatic rings. The number of nitrogens with zero attached hydrogens (tertiary/aromatic N) is 1. The molecule has 0 spiro atoms. The summed E-state index contributed by atoms with van der Waals surface area (Å²) in [6, 6.07) is 1.71. The largest absolute Gasteiger partial charge is 0.480 e. The van der Waals surface area contributed by atoms with Gasteiger partial charge in [-0.15, -0.1) is 0 Å². The molecule has 1 saturated carbocycles. The minimum absolute atomic E-state index is 0.391. The van der Waals surface area contributed by atoms with Crippen molar-refractivity contribution in [3.05, 3.63) is 0 Å². The first-order chi connectivity index (χ1) is 7.99. The van der Waals surface area contributed by atoms with Gasteiger partial charge in [0.1, 0.15) is 0 Å². The van der Waals surface area contributed by atoms with E-state index in [1.54, 1.807) is 6.07 Å². The Hall–Kier alpha value is -1.61. The lowest BCUT2D eigenvalue weighted by atomic mass is 9.70. The van der Waals surface area contributed by atoms with Crippen LogP contribution in [0, 0.1) is 22.7 Å². The highest BCUT2D eigenvalue weighted by molar-refractivity contribution is 5.79. The summed E-state index contributed by atoms with van der Waals surface area (Å²) in [5, 5.41) is 27.1. The fraction of sp³-hybridized carbons (Fsp3) is 0.727. The van der Waals surface area contributed by atoms with Gasteiger partial charge in [0, 0.05) is 12.5 Å². The maximum Gasteiger partial charge on any atom is 0.333 e. The molecule has 0 aliphatic heterocycles. The van der Waals surface area contributed by atoms with Crippen molar-refractivity contribution in [3.8, 4) is 6.07 Å². The Morgan fingerprint density at radius 2 is 1.82 bits per heavy atom. The van der Waals surface area contributed by atoms with Crippen LogP contribution in [0.5, 0.6) is 0 Å². The Balaban J connectivity index is 3.17. The van der Waals surface area contributed by atoms with E-state index < -0.39 is 29.4 Å². The summed E-state index contributed by atoms with van der Waals surface area (Å²) in [5.74, 6) is -3.83. The summed E-state index contributed by atoms with van der Waals surface area (Å²) in [6.45, 7) is 0. The van der Waals surface area contributed by atoms with Gasteiger partial charge in [0.05, 0.1) is 6.07 Å². The van der Waals surface area contributed by atoms with Crippen molar-refractivity contribution in [2.24, 2.45) is 11.3 Å². The predicted molar refractivity (Wildman–Crippen MR) is 56.1 cm³/mol. The van der Waals surface area contributed by atoms with Gasteiger partial charge in [-0.05, 0) is 12.8 Å². The molecular weight excluding hydrogens is 226 g/mol. The third-order valence-corrected chi connectivity index (χ3v) is 3.47. The predicted octanol–water partition coefficient (Wildman–Crippen LogP) is 0.871. The average molecular weight is 241 g/mol. The van der Waals surface area contributed by atoms with Crippen molar-refractivity contribution in [1.29, 1.82) is 5.26 Å². The number of nitriles is 1. The third kappa shape index (κ3) is 2.24. The zero-order valence-electron chi connectivity index (χ0n) is 9.55. The molecule has 0 heterocycles. The second-order valence-electron chi connectivity index (χ2n) is 4.29. The first-order valence-electron chi connectivity index (χ1n) is 5.37. The van der Waals surface area contributed by atoms with Crippen LogP contribution < -0.4 is 0 Å². The molecule has 2 N–H and O–H groups in total. The summed E-state index contributed by atoms with van der Waals surface area (Å²) in [7, 11) is 1.23. The molecule has 1 rings (SSSR count). The molecule has 0 bridgehead atoms. The second kappa shape index (κ2) is 5.15. The highest BCUT2D eigenvalue weighted by Crippen LogP contribution is 2.48. The van der Waals surface area contributed by atoms with E-state index in [4.69, 9.17) is 20.2 Å². The van der Waals surface area contributed by atoms with Gasteiger partial charge < -0.3 is 14.9 Å². The van der Waals surface area contributed by atoms with Crippen LogP contribution in [0.4, 0.5) is 0 Å². The molecule has 1 aliphatic carbocycles. The van der Waals surface area contributed by atoms with E-state index in [0.29, 0.717) is 12.8 Å². The maximum absolute atomic E-state index is 11.1. The zero-order chi connectivity index (χ0) is 13.1. The number of methoxy groups -OCH3 is 1. The highest BCUT2D eigenvalue weighted by atomic mass is 16.5. The van der Waals surface area contributed by atoms with E-state index >= 15 is 0 Å². The number of ether oxygens (including phenoxy) is 1. The normalized spacial score (nSPS) is 21.4. The second-order valence-corrected chi connectivity index (χ2v) is 4.29. The standard InChI is InChI=1S/C11H15NO5/c1-17-8(10(15)16)11(4-2-3-5-11)7(6-12)9(13)14/h7-8H,2-5H2,1H3,(H,13,14)(H,15,16). The monoisotopic (exact) mass is 241 g/mol. The van der Waals surface area contributed by atoms with Crippen LogP contribution in [0.15, 0.2) is 0 Å². The number of aliphatic carboxylic acids is 2. The van der Waals surface area contributed by atoms with Gasteiger partial charge in [-0.1, -0.05) is 12.8 Å². The minimum atomic E-state index is -1.34. The number of carbonyl (C=O) groups is 2. The van der Waals surface area contributed by atoms with Crippen LogP contribution in [0.1, 0.15) is 25.7 Å². The zero-order valence-corrected chi connectivity index (χ0v) is 9.55. The summed E-state index contributed by atoms with van der Waals surface area (Å²) in [6.07, 6.45) is 0.979. The van der Waals surface area contributed by atoms with Crippen LogP contribution in [0.3, 0.4) is 0 Å². The molecule has 1 fully saturated rings. The minimum Gasteiger partial charge on any atom is -0.480 e. The van der Waals surface area contributed by atoms with Crippen molar-refractivity contribution in [3.63, 3.8) is 0 Å². The first-order valence-corrected chi connectivity index (χ1v) is 5.37. The van der Waals surface area contributed by atoms with E-state index in [0.717, 1.165) is 12.8 Å². The summed E-state index contributed by atoms with van der Waals surface area (Å²) in [4.78, 5) is 22.2. The van der Waals surface area contributed by atoms with Crippen LogP contribution >= 0.6 is 0 Å². The quantitative estimate of drug-likeness (QED) is 0.739. The van der Waals surface area contributed by atoms with Crippen LogP contribution in [-0.4, -0.2) is 35.4 Å². The van der Waals surface area contributed by atoms with E-state index in [9.17, 15) is 9.59 Å². The Morgan fingerprint density at radius 3 is 2.12 bits per heavy atom. The molecule has 0 amide bonds. The van der Waals surface area contributed by atoms with Crippen molar-refractivity contribution in [2.45, 2.75) is 31.8 Å². The van der Waals surface area contributed by atoms with Gasteiger partial charge >= 0.3 is 11.9 Å². The number of hydrogen-bond acceptors (Lipinski definition) is 4. The molecule has 2 atom stereocenters. The van der Waals surface area contributed by atoms with Gasteiger partial charge in [0.2, 0.25) is 0 Å². The van der Waals surface area contributed by atoms with Crippen molar-refractivity contribution >= 4 is 11.9 Å². The van der Waals surface area contributed by atoms with Gasteiger partial charge in [0.25, 0.3) is 0 Å². The van der Waals surface area contributed by atoms with Crippen LogP contribution in [0.2, 0.25) is 0 Å². The lowest BCUT2D eigenvalue weighted by Gasteiger charge is -2.35. The Morgan fingerprint density at radius 1 is 1.29 bits per heavy atom. The van der Waals surface area contributed by atoms with Gasteiger partial charge in [0.15, 0.2) is 12.0 Å². The topological polar surface area (TPSA) is 108 Å². The number of carboxylic acids is 2. The smallest absolute Gasteiger partial charge is 0.333 e. The lowest BCUT2D eigenvalue weighted by Crippen LogP contribution is -2.47. The number of hydrogen-bond donors (Lipinski definition) is 2. The van der Waals surface area contributed by atoms with E-state index in [-0.39, 0.29) is 0 Å². The molecule has 6 heteroatoms. The molecule has 17 heavy (non-hydrogen) atoms. The van der Waals surface area contributed by atoms with E-state index in [1.165, 1.54) is 7.11 Å². The molecule has 2 unspecified atom stereocenters. The molecule has 0 radical (unpaired) electrons. The summed E-state index contributed by atoms with van der Waals surface area (Å²) < 4.78 is 4.92. The van der Waals surface area contributed by atoms with E-state index in [1.807, 2.05) is 0 Å². The summed E-state index contributed by atoms with van der Waals surface area (Å²) >= 11 is 0. The number of carboxylic acid groups (broad SMARTS) is 2. The maximum atomic E-state index is 11.1. The van der Waals surface area contributed by atoms with Crippen molar-refractivity contribution < 1.29 is 24.5 Å². The molecular formula is C11H15NO5. The van der Waals surface area contributed by atoms with Gasteiger partial charge in [-0.2, -0.15) is 5.26 Å². The fourth-order valence-electron chi connectivity index (χ4n) is 2.75. The molecule has 0 aromatic carbocycles. The van der Waals surface area contributed by atoms with Gasteiger partial charge in [-0.3, -0.25) is 4.79 Å².